The highest BCUT2D eigenvalue weighted by molar-refractivity contribution is 7.99. The van der Waals surface area contributed by atoms with Gasteiger partial charge in [0.05, 0.1) is 15.9 Å². The van der Waals surface area contributed by atoms with Crippen LogP contribution in [0.2, 0.25) is 0 Å². The van der Waals surface area contributed by atoms with Gasteiger partial charge in [-0.1, -0.05) is 23.9 Å². The van der Waals surface area contributed by atoms with E-state index in [2.05, 4.69) is 0 Å². The number of rotatable bonds is 4. The van der Waals surface area contributed by atoms with E-state index in [1.165, 1.54) is 23.4 Å². The Labute approximate surface area is 128 Å². The number of hydrogen-bond acceptors (Lipinski definition) is 4. The molecular weight excluding hydrogens is 286 g/mol. The third kappa shape index (κ3) is 3.62. The zero-order chi connectivity index (χ0) is 15.6. The lowest BCUT2D eigenvalue weighted by Crippen LogP contribution is -1.96. The Morgan fingerprint density at radius 1 is 1.14 bits per heavy atom. The first-order valence-electron chi connectivity index (χ1n) is 6.60. The van der Waals surface area contributed by atoms with Crippen molar-refractivity contribution in [3.8, 4) is 0 Å². The van der Waals surface area contributed by atoms with Gasteiger partial charge in [-0.05, 0) is 55.7 Å². The molecule has 0 bridgehead atoms. The molecule has 0 amide bonds. The fraction of sp³-hybridized carbons (Fsp3) is 0.250. The molecule has 0 unspecified atom stereocenters. The first-order valence-corrected chi connectivity index (χ1v) is 7.41. The first-order chi connectivity index (χ1) is 9.88. The van der Waals surface area contributed by atoms with Gasteiger partial charge in [0, 0.05) is 11.0 Å². The van der Waals surface area contributed by atoms with E-state index in [-0.39, 0.29) is 5.69 Å². The van der Waals surface area contributed by atoms with Crippen LogP contribution in [0.15, 0.2) is 46.2 Å². The third-order valence-corrected chi connectivity index (χ3v) is 4.42. The fourth-order valence-corrected chi connectivity index (χ4v) is 2.93. The predicted molar refractivity (Wildman–Crippen MR) is 83.8 cm³/mol. The standard InChI is InChI=1S/C16H17NO3S/c1-10-4-6-14(8-11(10)2)21-16-7-5-13(12(3)18)9-15(16)17(19)20/h4-9,12,18H,1-3H3/t12-/m1/s1. The fourth-order valence-electron chi connectivity index (χ4n) is 1.93. The minimum atomic E-state index is -0.718. The van der Waals surface area contributed by atoms with Crippen molar-refractivity contribution in [3.05, 3.63) is 63.2 Å². The normalized spacial score (nSPS) is 12.2. The molecule has 1 atom stereocenters. The van der Waals surface area contributed by atoms with Gasteiger partial charge < -0.3 is 5.11 Å². The molecule has 1 N–H and O–H groups in total. The second-order valence-corrected chi connectivity index (χ2v) is 6.12. The Kier molecular flexibility index (Phi) is 4.65. The summed E-state index contributed by atoms with van der Waals surface area (Å²) in [6.45, 7) is 5.64. The summed E-state index contributed by atoms with van der Waals surface area (Å²) >= 11 is 1.36. The lowest BCUT2D eigenvalue weighted by Gasteiger charge is -2.09. The van der Waals surface area contributed by atoms with Crippen LogP contribution in [-0.4, -0.2) is 10.0 Å². The molecule has 0 radical (unpaired) electrons. The van der Waals surface area contributed by atoms with Crippen molar-refractivity contribution in [2.75, 3.05) is 0 Å². The number of benzene rings is 2. The lowest BCUT2D eigenvalue weighted by atomic mass is 10.1. The predicted octanol–water partition coefficient (Wildman–Crippen LogP) is 4.42. The number of aliphatic hydroxyl groups excluding tert-OH is 1. The highest BCUT2D eigenvalue weighted by Gasteiger charge is 2.17. The quantitative estimate of drug-likeness (QED) is 0.671. The number of aryl methyl sites for hydroxylation is 2. The summed E-state index contributed by atoms with van der Waals surface area (Å²) in [7, 11) is 0. The third-order valence-electron chi connectivity index (χ3n) is 3.37. The van der Waals surface area contributed by atoms with Gasteiger partial charge >= 0.3 is 0 Å². The van der Waals surface area contributed by atoms with Crippen molar-refractivity contribution in [2.24, 2.45) is 0 Å². The summed E-state index contributed by atoms with van der Waals surface area (Å²) in [5.41, 5.74) is 2.92. The van der Waals surface area contributed by atoms with Gasteiger partial charge in [-0.2, -0.15) is 0 Å². The topological polar surface area (TPSA) is 63.4 Å². The van der Waals surface area contributed by atoms with Crippen LogP contribution in [0.4, 0.5) is 5.69 Å². The zero-order valence-corrected chi connectivity index (χ0v) is 13.0. The molecular formula is C16H17NO3S. The first kappa shape index (κ1) is 15.5. The molecule has 0 saturated heterocycles. The summed E-state index contributed by atoms with van der Waals surface area (Å²) in [6.07, 6.45) is -0.718. The van der Waals surface area contributed by atoms with Gasteiger partial charge in [-0.3, -0.25) is 10.1 Å². The van der Waals surface area contributed by atoms with Gasteiger partial charge in [0.1, 0.15) is 0 Å². The lowest BCUT2D eigenvalue weighted by molar-refractivity contribution is -0.387. The van der Waals surface area contributed by atoms with E-state index in [0.717, 1.165) is 10.5 Å². The van der Waals surface area contributed by atoms with E-state index in [1.807, 2.05) is 32.0 Å². The summed E-state index contributed by atoms with van der Waals surface area (Å²) in [6, 6.07) is 10.8. The van der Waals surface area contributed by atoms with Crippen molar-refractivity contribution in [1.29, 1.82) is 0 Å². The zero-order valence-electron chi connectivity index (χ0n) is 12.2. The van der Waals surface area contributed by atoms with E-state index in [0.29, 0.717) is 10.5 Å². The average molecular weight is 303 g/mol. The number of nitro benzene ring substituents is 1. The summed E-state index contributed by atoms with van der Waals surface area (Å²) < 4.78 is 0. The van der Waals surface area contributed by atoms with Gasteiger partial charge in [0.2, 0.25) is 0 Å². The van der Waals surface area contributed by atoms with E-state index in [9.17, 15) is 15.2 Å². The molecule has 0 heterocycles. The molecule has 0 aromatic heterocycles. The van der Waals surface area contributed by atoms with Crippen molar-refractivity contribution < 1.29 is 10.0 Å². The molecule has 0 spiro atoms. The van der Waals surface area contributed by atoms with Crippen molar-refractivity contribution in [1.82, 2.24) is 0 Å². The van der Waals surface area contributed by atoms with Crippen LogP contribution >= 0.6 is 11.8 Å². The molecule has 5 heteroatoms. The highest BCUT2D eigenvalue weighted by Crippen LogP contribution is 2.36. The Morgan fingerprint density at radius 2 is 1.86 bits per heavy atom. The molecule has 0 aliphatic carbocycles. The molecule has 4 nitrogen and oxygen atoms in total. The van der Waals surface area contributed by atoms with E-state index in [1.54, 1.807) is 19.1 Å². The maximum Gasteiger partial charge on any atom is 0.283 e. The molecule has 2 aromatic carbocycles. The number of hydrogen-bond donors (Lipinski definition) is 1. The van der Waals surface area contributed by atoms with Gasteiger partial charge in [-0.15, -0.1) is 0 Å². The van der Waals surface area contributed by atoms with Crippen molar-refractivity contribution >= 4 is 17.4 Å². The average Bonchev–Trinajstić information content (AvgIpc) is 2.43. The van der Waals surface area contributed by atoms with Crippen LogP contribution in [0.1, 0.15) is 29.7 Å². The van der Waals surface area contributed by atoms with Gasteiger partial charge in [0.15, 0.2) is 0 Å². The van der Waals surface area contributed by atoms with Crippen molar-refractivity contribution in [3.63, 3.8) is 0 Å². The molecule has 21 heavy (non-hydrogen) atoms. The van der Waals surface area contributed by atoms with Crippen LogP contribution in [0.5, 0.6) is 0 Å². The molecule has 0 saturated carbocycles. The van der Waals surface area contributed by atoms with E-state index < -0.39 is 11.0 Å². The van der Waals surface area contributed by atoms with Crippen LogP contribution in [0, 0.1) is 24.0 Å². The Bertz CT molecular complexity index is 683. The van der Waals surface area contributed by atoms with Crippen LogP contribution in [0.3, 0.4) is 0 Å². The Balaban J connectivity index is 2.39. The second-order valence-electron chi connectivity index (χ2n) is 5.01. The van der Waals surface area contributed by atoms with E-state index in [4.69, 9.17) is 0 Å². The largest absolute Gasteiger partial charge is 0.389 e. The summed E-state index contributed by atoms with van der Waals surface area (Å²) in [5.74, 6) is 0. The maximum atomic E-state index is 11.2. The van der Waals surface area contributed by atoms with E-state index >= 15 is 0 Å². The SMILES string of the molecule is Cc1ccc(Sc2ccc([C@@H](C)O)cc2[N+](=O)[O-])cc1C. The minimum absolute atomic E-state index is 0.0247. The highest BCUT2D eigenvalue weighted by atomic mass is 32.2. The van der Waals surface area contributed by atoms with Gasteiger partial charge in [-0.25, -0.2) is 0 Å². The molecule has 2 rings (SSSR count). The monoisotopic (exact) mass is 303 g/mol. The molecule has 0 fully saturated rings. The minimum Gasteiger partial charge on any atom is -0.389 e. The number of nitrogens with zero attached hydrogens (tertiary/aromatic N) is 1. The number of aliphatic hydroxyl groups is 1. The van der Waals surface area contributed by atoms with Crippen molar-refractivity contribution in [2.45, 2.75) is 36.7 Å². The molecule has 0 aliphatic heterocycles. The Morgan fingerprint density at radius 3 is 2.43 bits per heavy atom. The Hall–Kier alpha value is -1.85. The van der Waals surface area contributed by atoms with Crippen LogP contribution in [0.25, 0.3) is 0 Å². The van der Waals surface area contributed by atoms with Gasteiger partial charge in [0.25, 0.3) is 5.69 Å². The van der Waals surface area contributed by atoms with Crippen LogP contribution in [-0.2, 0) is 0 Å². The second kappa shape index (κ2) is 6.28. The number of nitro groups is 1. The molecule has 110 valence electrons. The molecule has 2 aromatic rings. The smallest absolute Gasteiger partial charge is 0.283 e. The van der Waals surface area contributed by atoms with Crippen LogP contribution < -0.4 is 0 Å². The summed E-state index contributed by atoms with van der Waals surface area (Å²) in [4.78, 5) is 12.4. The molecule has 0 aliphatic rings. The maximum absolute atomic E-state index is 11.2. The summed E-state index contributed by atoms with van der Waals surface area (Å²) in [5, 5.41) is 20.8.